The summed E-state index contributed by atoms with van der Waals surface area (Å²) >= 11 is 6.16. The molecule has 0 radical (unpaired) electrons. The Kier molecular flexibility index (Phi) is 7.78. The Morgan fingerprint density at radius 3 is 2.79 bits per heavy atom. The number of benzene rings is 2. The van der Waals surface area contributed by atoms with E-state index in [9.17, 15) is 19.1 Å². The van der Waals surface area contributed by atoms with Crippen LogP contribution in [-0.2, 0) is 13.0 Å². The summed E-state index contributed by atoms with van der Waals surface area (Å²) in [6.07, 6.45) is 3.17. The molecule has 4 aromatic rings. The molecule has 1 amide bonds. The van der Waals surface area contributed by atoms with Crippen LogP contribution in [0.15, 0.2) is 41.3 Å². The van der Waals surface area contributed by atoms with Crippen molar-refractivity contribution < 1.29 is 19.0 Å². The van der Waals surface area contributed by atoms with Crippen LogP contribution in [0.4, 0.5) is 4.39 Å². The van der Waals surface area contributed by atoms with Crippen molar-refractivity contribution in [1.82, 2.24) is 24.8 Å². The number of likely N-dealkylation sites (tertiary alicyclic amines) is 1. The number of rotatable bonds is 8. The molecule has 1 atom stereocenters. The molecule has 1 fully saturated rings. The number of aliphatic hydroxyl groups is 1. The maximum Gasteiger partial charge on any atom is 0.259 e. The fourth-order valence-electron chi connectivity index (χ4n) is 5.90. The number of fused-ring (bicyclic) bond motifs is 2. The van der Waals surface area contributed by atoms with Crippen molar-refractivity contribution in [1.29, 1.82) is 0 Å². The Bertz CT molecular complexity index is 1710. The van der Waals surface area contributed by atoms with Crippen molar-refractivity contribution in [3.63, 3.8) is 0 Å². The van der Waals surface area contributed by atoms with Crippen LogP contribution in [0.3, 0.4) is 0 Å². The maximum atomic E-state index is 14.2. The summed E-state index contributed by atoms with van der Waals surface area (Å²) in [7, 11) is 2.10. The molecule has 1 saturated heterocycles. The fourth-order valence-corrected chi connectivity index (χ4v) is 6.10. The highest BCUT2D eigenvalue weighted by atomic mass is 35.5. The number of imidazole rings is 1. The van der Waals surface area contributed by atoms with Crippen molar-refractivity contribution in [2.24, 2.45) is 0 Å². The zero-order valence-electron chi connectivity index (χ0n) is 23.5. The Hall–Kier alpha value is -3.73. The van der Waals surface area contributed by atoms with Crippen LogP contribution in [0, 0.1) is 12.7 Å². The molecule has 2 aliphatic heterocycles. The number of pyridine rings is 1. The third-order valence-electron chi connectivity index (χ3n) is 8.36. The van der Waals surface area contributed by atoms with E-state index in [4.69, 9.17) is 21.3 Å². The summed E-state index contributed by atoms with van der Waals surface area (Å²) < 4.78 is 19.7. The van der Waals surface area contributed by atoms with Crippen LogP contribution < -0.4 is 10.3 Å². The second-order valence-electron chi connectivity index (χ2n) is 11.3. The molecule has 0 aliphatic carbocycles. The van der Waals surface area contributed by atoms with Gasteiger partial charge in [-0.1, -0.05) is 17.7 Å². The topological polar surface area (TPSA) is 115 Å². The van der Waals surface area contributed by atoms with Gasteiger partial charge < -0.3 is 29.6 Å². The van der Waals surface area contributed by atoms with Gasteiger partial charge in [0.25, 0.3) is 11.5 Å². The van der Waals surface area contributed by atoms with E-state index in [1.165, 1.54) is 6.07 Å². The van der Waals surface area contributed by atoms with Gasteiger partial charge in [0.1, 0.15) is 12.4 Å². The Labute approximate surface area is 247 Å². The number of piperidine rings is 1. The molecule has 0 spiro atoms. The molecular weight excluding hydrogens is 561 g/mol. The molecule has 0 bridgehead atoms. The Morgan fingerprint density at radius 2 is 2.00 bits per heavy atom. The van der Waals surface area contributed by atoms with Gasteiger partial charge in [0.05, 0.1) is 27.7 Å². The van der Waals surface area contributed by atoms with E-state index in [2.05, 4.69) is 21.9 Å². The van der Waals surface area contributed by atoms with Crippen molar-refractivity contribution in [2.45, 2.75) is 51.3 Å². The van der Waals surface area contributed by atoms with Crippen LogP contribution >= 0.6 is 11.6 Å². The Balaban J connectivity index is 1.18. The zero-order chi connectivity index (χ0) is 29.5. The first kappa shape index (κ1) is 28.4. The molecule has 2 aromatic carbocycles. The van der Waals surface area contributed by atoms with E-state index in [1.54, 1.807) is 25.3 Å². The number of aromatic amines is 2. The van der Waals surface area contributed by atoms with Crippen molar-refractivity contribution in [3.05, 3.63) is 80.0 Å². The highest BCUT2D eigenvalue weighted by molar-refractivity contribution is 6.32. The largest absolute Gasteiger partial charge is 0.486 e. The van der Waals surface area contributed by atoms with E-state index >= 15 is 0 Å². The van der Waals surface area contributed by atoms with E-state index in [-0.39, 0.29) is 41.3 Å². The number of aromatic nitrogens is 3. The van der Waals surface area contributed by atoms with E-state index in [0.717, 1.165) is 37.0 Å². The standard InChI is InChI=1S/C31H33ClFN5O4/c1-17-3-6-23(33)28(27(17)32)42-16-21(39)5-4-18-7-10-34-30(40)26(18)29-35-24-13-19-15-38(20-8-11-37(2)12-9-20)31(41)22(19)14-25(24)36-29/h3,6-7,10,13-14,20-21,39H,4-5,8-9,11-12,15-16H2,1-2H3,(H,34,40)(H,35,36)/t21-/m1/s1. The van der Waals surface area contributed by atoms with Crippen LogP contribution in [0.5, 0.6) is 5.75 Å². The fraction of sp³-hybridized carbons (Fsp3) is 0.387. The number of nitrogens with zero attached hydrogens (tertiary/aromatic N) is 3. The van der Waals surface area contributed by atoms with Crippen LogP contribution in [0.2, 0.25) is 5.02 Å². The lowest BCUT2D eigenvalue weighted by Gasteiger charge is -2.34. The van der Waals surface area contributed by atoms with Gasteiger partial charge in [0.15, 0.2) is 11.6 Å². The molecule has 2 aromatic heterocycles. The van der Waals surface area contributed by atoms with Gasteiger partial charge in [-0.05, 0) is 93.7 Å². The summed E-state index contributed by atoms with van der Waals surface area (Å²) in [5, 5.41) is 10.8. The predicted molar refractivity (Wildman–Crippen MR) is 159 cm³/mol. The predicted octanol–water partition coefficient (Wildman–Crippen LogP) is 4.44. The van der Waals surface area contributed by atoms with Gasteiger partial charge >= 0.3 is 0 Å². The first-order valence-electron chi connectivity index (χ1n) is 14.2. The van der Waals surface area contributed by atoms with E-state index < -0.39 is 11.9 Å². The number of carbonyl (C=O) groups is 1. The minimum atomic E-state index is -0.926. The average molecular weight is 594 g/mol. The van der Waals surface area contributed by atoms with Crippen molar-refractivity contribution in [3.8, 4) is 17.1 Å². The molecule has 0 unspecified atom stereocenters. The van der Waals surface area contributed by atoms with Crippen LogP contribution in [0.25, 0.3) is 22.4 Å². The van der Waals surface area contributed by atoms with Gasteiger partial charge in [0.2, 0.25) is 0 Å². The van der Waals surface area contributed by atoms with Gasteiger partial charge in [-0.3, -0.25) is 9.59 Å². The monoisotopic (exact) mass is 593 g/mol. The number of ether oxygens (including phenoxy) is 1. The number of hydrogen-bond donors (Lipinski definition) is 3. The van der Waals surface area contributed by atoms with Crippen molar-refractivity contribution in [2.75, 3.05) is 26.7 Å². The van der Waals surface area contributed by atoms with Gasteiger partial charge in [-0.15, -0.1) is 0 Å². The molecule has 11 heteroatoms. The molecule has 42 heavy (non-hydrogen) atoms. The first-order chi connectivity index (χ1) is 20.2. The lowest BCUT2D eigenvalue weighted by atomic mass is 10.0. The molecule has 3 N–H and O–H groups in total. The number of hydrogen-bond acceptors (Lipinski definition) is 6. The normalized spacial score (nSPS) is 16.8. The lowest BCUT2D eigenvalue weighted by Crippen LogP contribution is -2.43. The number of amides is 1. The highest BCUT2D eigenvalue weighted by Crippen LogP contribution is 2.33. The first-order valence-corrected chi connectivity index (χ1v) is 14.6. The zero-order valence-corrected chi connectivity index (χ0v) is 24.3. The van der Waals surface area contributed by atoms with Crippen molar-refractivity contribution >= 4 is 28.5 Å². The van der Waals surface area contributed by atoms with Gasteiger partial charge in [0, 0.05) is 24.3 Å². The average Bonchev–Trinajstić information content (AvgIpc) is 3.53. The number of aliphatic hydroxyl groups excluding tert-OH is 1. The second kappa shape index (κ2) is 11.5. The van der Waals surface area contributed by atoms with Gasteiger partial charge in [-0.2, -0.15) is 0 Å². The molecular formula is C31H33ClFN5O4. The Morgan fingerprint density at radius 1 is 1.21 bits per heavy atom. The molecule has 6 rings (SSSR count). The SMILES string of the molecule is Cc1ccc(F)c(OC[C@H](O)CCc2cc[nH]c(=O)c2-c2nc3cc4c(cc3[nH]2)CN(C2CCN(C)CC2)C4=O)c1Cl. The van der Waals surface area contributed by atoms with Crippen LogP contribution in [-0.4, -0.2) is 74.7 Å². The minimum absolute atomic E-state index is 0.0345. The number of carbonyl (C=O) groups excluding carboxylic acids is 1. The summed E-state index contributed by atoms with van der Waals surface area (Å²) in [5.74, 6) is -0.256. The van der Waals surface area contributed by atoms with E-state index in [1.807, 2.05) is 17.0 Å². The number of halogens is 2. The summed E-state index contributed by atoms with van der Waals surface area (Å²) in [5.41, 5.74) is 4.40. The quantitative estimate of drug-likeness (QED) is 0.278. The molecule has 2 aliphatic rings. The molecule has 0 saturated carbocycles. The second-order valence-corrected chi connectivity index (χ2v) is 11.7. The number of H-pyrrole nitrogens is 2. The summed E-state index contributed by atoms with van der Waals surface area (Å²) in [6.45, 7) is 4.12. The number of nitrogens with one attached hydrogen (secondary N) is 2. The summed E-state index contributed by atoms with van der Waals surface area (Å²) in [4.78, 5) is 41.2. The maximum absolute atomic E-state index is 14.2. The lowest BCUT2D eigenvalue weighted by molar-refractivity contribution is 0.0617. The molecule has 9 nitrogen and oxygen atoms in total. The van der Waals surface area contributed by atoms with Crippen LogP contribution in [0.1, 0.15) is 46.3 Å². The smallest absolute Gasteiger partial charge is 0.259 e. The molecule has 4 heterocycles. The summed E-state index contributed by atoms with van der Waals surface area (Å²) in [6, 6.07) is 8.62. The molecule has 220 valence electrons. The third kappa shape index (κ3) is 5.42. The minimum Gasteiger partial charge on any atom is -0.486 e. The van der Waals surface area contributed by atoms with Gasteiger partial charge in [-0.25, -0.2) is 9.37 Å². The number of aryl methyl sites for hydroxylation is 2. The third-order valence-corrected chi connectivity index (χ3v) is 8.83. The van der Waals surface area contributed by atoms with E-state index in [0.29, 0.717) is 46.6 Å². The highest BCUT2D eigenvalue weighted by Gasteiger charge is 2.34.